The van der Waals surface area contributed by atoms with Crippen molar-refractivity contribution in [3.8, 4) is 5.75 Å². The number of nitro benzene ring substituents is 1. The van der Waals surface area contributed by atoms with Crippen LogP contribution in [-0.2, 0) is 9.59 Å². The van der Waals surface area contributed by atoms with Gasteiger partial charge in [0.2, 0.25) is 11.8 Å². The number of ether oxygens (including phenoxy) is 1. The van der Waals surface area contributed by atoms with E-state index in [4.69, 9.17) is 4.74 Å². The number of anilines is 1. The first kappa shape index (κ1) is 21.2. The van der Waals surface area contributed by atoms with Crippen molar-refractivity contribution in [2.45, 2.75) is 24.9 Å². The SMILES string of the molecule is COc1cc([N+](=O)[O-])ccc1N1C(=O)[C@@H]2[C@@H](C1=O)[C@@H](C(=O)c1ccc(F)cc1)N1CCC[C@H]21. The number of nitro groups is 1. The summed E-state index contributed by atoms with van der Waals surface area (Å²) in [5, 5.41) is 11.1. The largest absolute Gasteiger partial charge is 0.494 e. The third kappa shape index (κ3) is 3.12. The summed E-state index contributed by atoms with van der Waals surface area (Å²) < 4.78 is 18.6. The van der Waals surface area contributed by atoms with Crippen molar-refractivity contribution in [2.24, 2.45) is 11.8 Å². The fourth-order valence-corrected chi connectivity index (χ4v) is 5.50. The predicted octanol–water partition coefficient (Wildman–Crippen LogP) is 2.58. The zero-order valence-corrected chi connectivity index (χ0v) is 17.6. The van der Waals surface area contributed by atoms with Crippen LogP contribution in [0.4, 0.5) is 15.8 Å². The number of rotatable bonds is 5. The fourth-order valence-electron chi connectivity index (χ4n) is 5.50. The Morgan fingerprint density at radius 3 is 2.48 bits per heavy atom. The summed E-state index contributed by atoms with van der Waals surface area (Å²) in [6, 6.07) is 7.74. The van der Waals surface area contributed by atoms with Gasteiger partial charge < -0.3 is 4.74 Å². The van der Waals surface area contributed by atoms with Gasteiger partial charge in [0.1, 0.15) is 11.6 Å². The minimum atomic E-state index is -0.889. The van der Waals surface area contributed by atoms with E-state index in [-0.39, 0.29) is 34.5 Å². The summed E-state index contributed by atoms with van der Waals surface area (Å²) in [6.45, 7) is 0.594. The van der Waals surface area contributed by atoms with Crippen LogP contribution in [0, 0.1) is 27.8 Å². The molecule has 10 heteroatoms. The van der Waals surface area contributed by atoms with Gasteiger partial charge in [0, 0.05) is 17.7 Å². The molecule has 170 valence electrons. The average molecular weight is 453 g/mol. The lowest BCUT2D eigenvalue weighted by Crippen LogP contribution is -2.46. The van der Waals surface area contributed by atoms with Crippen LogP contribution in [0.1, 0.15) is 23.2 Å². The van der Waals surface area contributed by atoms with Gasteiger partial charge in [-0.2, -0.15) is 0 Å². The van der Waals surface area contributed by atoms with Gasteiger partial charge in [-0.15, -0.1) is 0 Å². The number of carbonyl (C=O) groups is 3. The van der Waals surface area contributed by atoms with Crippen molar-refractivity contribution in [1.82, 2.24) is 4.90 Å². The first-order valence-corrected chi connectivity index (χ1v) is 10.6. The maximum absolute atomic E-state index is 13.6. The summed E-state index contributed by atoms with van der Waals surface area (Å²) >= 11 is 0. The number of halogens is 1. The predicted molar refractivity (Wildman–Crippen MR) is 113 cm³/mol. The molecule has 0 unspecified atom stereocenters. The molecule has 3 fully saturated rings. The van der Waals surface area contributed by atoms with Gasteiger partial charge in [-0.25, -0.2) is 9.29 Å². The number of fused-ring (bicyclic) bond motifs is 3. The van der Waals surface area contributed by atoms with E-state index in [1.165, 1.54) is 43.5 Å². The Balaban J connectivity index is 1.55. The van der Waals surface area contributed by atoms with E-state index in [9.17, 15) is 28.9 Å². The molecule has 3 saturated heterocycles. The molecular weight excluding hydrogens is 433 g/mol. The second kappa shape index (κ2) is 7.73. The third-order valence-electron chi connectivity index (χ3n) is 6.86. The summed E-state index contributed by atoms with van der Waals surface area (Å²) in [6.07, 6.45) is 1.47. The Bertz CT molecular complexity index is 1180. The van der Waals surface area contributed by atoms with E-state index in [1.54, 1.807) is 0 Å². The van der Waals surface area contributed by atoms with Crippen LogP contribution < -0.4 is 9.64 Å². The molecule has 0 aromatic heterocycles. The molecule has 3 heterocycles. The summed E-state index contributed by atoms with van der Waals surface area (Å²) in [7, 11) is 1.30. The van der Waals surface area contributed by atoms with Gasteiger partial charge >= 0.3 is 0 Å². The number of hydrogen-bond donors (Lipinski definition) is 0. The van der Waals surface area contributed by atoms with Crippen molar-refractivity contribution < 1.29 is 28.4 Å². The third-order valence-corrected chi connectivity index (χ3v) is 6.86. The van der Waals surface area contributed by atoms with E-state index in [0.29, 0.717) is 13.0 Å². The normalized spacial score (nSPS) is 26.4. The Hall–Kier alpha value is -3.66. The number of ketones is 1. The molecule has 2 aromatic rings. The fraction of sp³-hybridized carbons (Fsp3) is 0.348. The van der Waals surface area contributed by atoms with Crippen LogP contribution >= 0.6 is 0 Å². The highest BCUT2D eigenvalue weighted by atomic mass is 19.1. The first-order chi connectivity index (χ1) is 15.8. The highest BCUT2D eigenvalue weighted by Gasteiger charge is 2.65. The summed E-state index contributed by atoms with van der Waals surface area (Å²) in [5.74, 6) is -3.34. The number of benzene rings is 2. The Kier molecular flexibility index (Phi) is 4.97. The Labute approximate surface area is 187 Å². The summed E-state index contributed by atoms with van der Waals surface area (Å²) in [5.41, 5.74) is 0.158. The van der Waals surface area contributed by atoms with E-state index >= 15 is 0 Å². The first-order valence-electron chi connectivity index (χ1n) is 10.6. The lowest BCUT2D eigenvalue weighted by Gasteiger charge is -2.28. The van der Waals surface area contributed by atoms with Crippen LogP contribution in [0.15, 0.2) is 42.5 Å². The van der Waals surface area contributed by atoms with Crippen LogP contribution in [0.2, 0.25) is 0 Å². The second-order valence-corrected chi connectivity index (χ2v) is 8.44. The zero-order valence-electron chi connectivity index (χ0n) is 17.6. The molecule has 0 aliphatic carbocycles. The van der Waals surface area contributed by atoms with Crippen LogP contribution in [0.25, 0.3) is 0 Å². The molecule has 9 nitrogen and oxygen atoms in total. The van der Waals surface area contributed by atoms with Crippen molar-refractivity contribution in [2.75, 3.05) is 18.6 Å². The number of Topliss-reactive ketones (excluding diaryl/α,β-unsaturated/α-hetero) is 1. The lowest BCUT2D eigenvalue weighted by atomic mass is 9.85. The van der Waals surface area contributed by atoms with Crippen LogP contribution in [0.3, 0.4) is 0 Å². The molecule has 0 spiro atoms. The number of carbonyl (C=O) groups excluding carboxylic acids is 3. The molecule has 0 radical (unpaired) electrons. The van der Waals surface area contributed by atoms with Gasteiger partial charge in [0.05, 0.1) is 41.7 Å². The molecule has 3 aliphatic rings. The molecule has 0 bridgehead atoms. The number of imide groups is 1. The van der Waals surface area contributed by atoms with E-state index in [2.05, 4.69) is 0 Å². The van der Waals surface area contributed by atoms with Gasteiger partial charge in [-0.1, -0.05) is 0 Å². The van der Waals surface area contributed by atoms with Gasteiger partial charge in [0.25, 0.3) is 5.69 Å². The maximum Gasteiger partial charge on any atom is 0.273 e. The van der Waals surface area contributed by atoms with Crippen molar-refractivity contribution in [3.63, 3.8) is 0 Å². The van der Waals surface area contributed by atoms with Crippen molar-refractivity contribution >= 4 is 29.0 Å². The van der Waals surface area contributed by atoms with Gasteiger partial charge in [-0.3, -0.25) is 29.4 Å². The topological polar surface area (TPSA) is 110 Å². The maximum atomic E-state index is 13.6. The van der Waals surface area contributed by atoms with Crippen molar-refractivity contribution in [3.05, 3.63) is 64.0 Å². The van der Waals surface area contributed by atoms with Gasteiger partial charge in [0.15, 0.2) is 5.78 Å². The molecular formula is C23H20FN3O6. The molecule has 4 atom stereocenters. The van der Waals surface area contributed by atoms with Crippen molar-refractivity contribution in [1.29, 1.82) is 0 Å². The second-order valence-electron chi connectivity index (χ2n) is 8.44. The molecule has 33 heavy (non-hydrogen) atoms. The highest BCUT2D eigenvalue weighted by molar-refractivity contribution is 6.25. The van der Waals surface area contributed by atoms with Crippen LogP contribution in [-0.4, -0.2) is 53.2 Å². The zero-order chi connectivity index (χ0) is 23.4. The molecule has 2 amide bonds. The van der Waals surface area contributed by atoms with E-state index < -0.39 is 40.4 Å². The molecule has 0 saturated carbocycles. The Morgan fingerprint density at radius 1 is 1.12 bits per heavy atom. The molecule has 3 aliphatic heterocycles. The molecule has 2 aromatic carbocycles. The smallest absolute Gasteiger partial charge is 0.273 e. The Morgan fingerprint density at radius 2 is 1.82 bits per heavy atom. The quantitative estimate of drug-likeness (QED) is 0.296. The summed E-state index contributed by atoms with van der Waals surface area (Å²) in [4.78, 5) is 54.0. The number of non-ortho nitro benzene ring substituents is 1. The average Bonchev–Trinajstić information content (AvgIpc) is 3.45. The van der Waals surface area contributed by atoms with Gasteiger partial charge in [-0.05, 0) is 49.7 Å². The van der Waals surface area contributed by atoms with Crippen LogP contribution in [0.5, 0.6) is 5.75 Å². The number of nitrogens with zero attached hydrogens (tertiary/aromatic N) is 3. The molecule has 5 rings (SSSR count). The minimum Gasteiger partial charge on any atom is -0.494 e. The lowest BCUT2D eigenvalue weighted by molar-refractivity contribution is -0.384. The molecule has 0 N–H and O–H groups in total. The number of hydrogen-bond acceptors (Lipinski definition) is 7. The monoisotopic (exact) mass is 453 g/mol. The highest BCUT2D eigenvalue weighted by Crippen LogP contribution is 2.49. The number of amides is 2. The van der Waals surface area contributed by atoms with E-state index in [0.717, 1.165) is 17.4 Å². The minimum absolute atomic E-state index is 0.0237. The van der Waals surface area contributed by atoms with E-state index in [1.807, 2.05) is 4.90 Å². The standard InChI is InChI=1S/C23H20FN3O6/c1-33-17-11-14(27(31)32)8-9-15(17)26-22(29)18-16-3-2-10-25(16)20(19(18)23(26)30)21(28)12-4-6-13(24)7-5-12/h4-9,11,16,18-20H,2-3,10H2,1H3/t16-,18+,19-,20+/m1/s1. The number of methoxy groups -OCH3 is 1.